The van der Waals surface area contributed by atoms with Gasteiger partial charge >= 0.3 is 0 Å². The topological polar surface area (TPSA) is 15.3 Å². The van der Waals surface area contributed by atoms with E-state index in [1.54, 1.807) is 13.0 Å². The minimum Gasteiger partial charge on any atom is -0.366 e. The molecular formula is C15H23FN2. The van der Waals surface area contributed by atoms with E-state index in [0.717, 1.165) is 18.8 Å². The second-order valence-corrected chi connectivity index (χ2v) is 5.33. The molecule has 2 unspecified atom stereocenters. The van der Waals surface area contributed by atoms with Crippen molar-refractivity contribution in [2.45, 2.75) is 45.7 Å². The number of piperazine rings is 1. The minimum absolute atomic E-state index is 0.106. The number of aryl methyl sites for hydroxylation is 1. The van der Waals surface area contributed by atoms with Gasteiger partial charge in [-0.25, -0.2) is 4.39 Å². The van der Waals surface area contributed by atoms with Crippen LogP contribution in [-0.2, 0) is 0 Å². The highest BCUT2D eigenvalue weighted by Gasteiger charge is 2.24. The third kappa shape index (κ3) is 2.83. The third-order valence-electron chi connectivity index (χ3n) is 3.78. The fourth-order valence-electron chi connectivity index (χ4n) is 2.59. The quantitative estimate of drug-likeness (QED) is 0.886. The summed E-state index contributed by atoms with van der Waals surface area (Å²) in [6, 6.07) is 6.51. The summed E-state index contributed by atoms with van der Waals surface area (Å²) in [6.07, 6.45) is 2.36. The second-order valence-electron chi connectivity index (χ2n) is 5.33. The summed E-state index contributed by atoms with van der Waals surface area (Å²) in [5.74, 6) is -0.106. The normalized spacial score (nSPS) is 24.3. The van der Waals surface area contributed by atoms with Gasteiger partial charge in [-0.3, -0.25) is 0 Å². The average Bonchev–Trinajstić information content (AvgIpc) is 2.35. The number of nitrogens with zero attached hydrogens (tertiary/aromatic N) is 1. The van der Waals surface area contributed by atoms with Crippen molar-refractivity contribution in [1.29, 1.82) is 0 Å². The Morgan fingerprint density at radius 1 is 1.44 bits per heavy atom. The zero-order valence-electron chi connectivity index (χ0n) is 11.5. The van der Waals surface area contributed by atoms with E-state index in [9.17, 15) is 4.39 Å². The van der Waals surface area contributed by atoms with Crippen molar-refractivity contribution < 1.29 is 4.39 Å². The molecule has 1 aliphatic heterocycles. The first-order chi connectivity index (χ1) is 8.61. The van der Waals surface area contributed by atoms with Crippen molar-refractivity contribution in [3.8, 4) is 0 Å². The Hall–Kier alpha value is -1.09. The third-order valence-corrected chi connectivity index (χ3v) is 3.78. The van der Waals surface area contributed by atoms with E-state index in [4.69, 9.17) is 0 Å². The monoisotopic (exact) mass is 250 g/mol. The molecule has 1 saturated heterocycles. The van der Waals surface area contributed by atoms with Gasteiger partial charge in [0.15, 0.2) is 0 Å². The SMILES string of the molecule is CCCC1CN(c2ccc(C)c(F)c2)C(C)CN1. The first-order valence-corrected chi connectivity index (χ1v) is 6.88. The van der Waals surface area contributed by atoms with Gasteiger partial charge in [0.25, 0.3) is 0 Å². The van der Waals surface area contributed by atoms with Crippen molar-refractivity contribution in [1.82, 2.24) is 5.32 Å². The summed E-state index contributed by atoms with van der Waals surface area (Å²) in [4.78, 5) is 2.32. The Kier molecular flexibility index (Phi) is 4.23. The fraction of sp³-hybridized carbons (Fsp3) is 0.600. The summed E-state index contributed by atoms with van der Waals surface area (Å²) in [7, 11) is 0. The molecule has 0 bridgehead atoms. The molecule has 0 radical (unpaired) electrons. The van der Waals surface area contributed by atoms with E-state index in [-0.39, 0.29) is 5.82 Å². The molecule has 1 aliphatic rings. The van der Waals surface area contributed by atoms with Crippen LogP contribution in [-0.4, -0.2) is 25.2 Å². The maximum absolute atomic E-state index is 13.7. The largest absolute Gasteiger partial charge is 0.366 e. The first kappa shape index (κ1) is 13.3. The van der Waals surface area contributed by atoms with Crippen LogP contribution < -0.4 is 10.2 Å². The molecule has 0 aromatic heterocycles. The molecule has 1 fully saturated rings. The van der Waals surface area contributed by atoms with Crippen LogP contribution in [0.25, 0.3) is 0 Å². The lowest BCUT2D eigenvalue weighted by molar-refractivity contribution is 0.386. The van der Waals surface area contributed by atoms with Gasteiger partial charge in [-0.1, -0.05) is 19.4 Å². The van der Waals surface area contributed by atoms with Crippen molar-refractivity contribution in [2.24, 2.45) is 0 Å². The van der Waals surface area contributed by atoms with Crippen molar-refractivity contribution in [3.63, 3.8) is 0 Å². The van der Waals surface area contributed by atoms with Crippen LogP contribution in [0.4, 0.5) is 10.1 Å². The highest BCUT2D eigenvalue weighted by atomic mass is 19.1. The van der Waals surface area contributed by atoms with Crippen LogP contribution in [0.1, 0.15) is 32.3 Å². The Morgan fingerprint density at radius 3 is 2.89 bits per heavy atom. The minimum atomic E-state index is -0.106. The van der Waals surface area contributed by atoms with E-state index in [1.165, 1.54) is 12.8 Å². The molecular weight excluding hydrogens is 227 g/mol. The lowest BCUT2D eigenvalue weighted by Gasteiger charge is -2.40. The number of nitrogens with one attached hydrogen (secondary N) is 1. The molecule has 1 aromatic carbocycles. The van der Waals surface area contributed by atoms with Crippen LogP contribution in [0.3, 0.4) is 0 Å². The zero-order valence-corrected chi connectivity index (χ0v) is 11.5. The molecule has 18 heavy (non-hydrogen) atoms. The number of anilines is 1. The zero-order chi connectivity index (χ0) is 13.1. The predicted octanol–water partition coefficient (Wildman–Crippen LogP) is 3.10. The molecule has 100 valence electrons. The van der Waals surface area contributed by atoms with Crippen LogP contribution in [0.15, 0.2) is 18.2 Å². The highest BCUT2D eigenvalue weighted by Crippen LogP contribution is 2.23. The summed E-state index contributed by atoms with van der Waals surface area (Å²) in [5.41, 5.74) is 1.72. The number of halogens is 1. The van der Waals surface area contributed by atoms with E-state index >= 15 is 0 Å². The molecule has 1 N–H and O–H groups in total. The first-order valence-electron chi connectivity index (χ1n) is 6.88. The Balaban J connectivity index is 2.16. The number of hydrogen-bond donors (Lipinski definition) is 1. The van der Waals surface area contributed by atoms with Crippen LogP contribution >= 0.6 is 0 Å². The van der Waals surface area contributed by atoms with E-state index in [1.807, 2.05) is 12.1 Å². The Bertz CT molecular complexity index is 405. The molecule has 0 amide bonds. The van der Waals surface area contributed by atoms with Gasteiger partial charge in [0.1, 0.15) is 5.82 Å². The molecule has 0 spiro atoms. The molecule has 1 heterocycles. The van der Waals surface area contributed by atoms with Crippen LogP contribution in [0.2, 0.25) is 0 Å². The molecule has 1 aromatic rings. The standard InChI is InChI=1S/C15H23FN2/c1-4-5-13-10-18(12(3)9-17-13)14-7-6-11(2)15(16)8-14/h6-8,12-13,17H,4-5,9-10H2,1-3H3. The average molecular weight is 250 g/mol. The number of rotatable bonds is 3. The van der Waals surface area contributed by atoms with Crippen LogP contribution in [0, 0.1) is 12.7 Å². The van der Waals surface area contributed by atoms with Gasteiger partial charge in [-0.2, -0.15) is 0 Å². The number of benzene rings is 1. The van der Waals surface area contributed by atoms with Gasteiger partial charge in [0.05, 0.1) is 0 Å². The number of hydrogen-bond acceptors (Lipinski definition) is 2. The van der Waals surface area contributed by atoms with Gasteiger partial charge in [-0.05, 0) is 38.0 Å². The predicted molar refractivity (Wildman–Crippen MR) is 74.6 cm³/mol. The lowest BCUT2D eigenvalue weighted by Crippen LogP contribution is -2.55. The molecule has 2 atom stereocenters. The smallest absolute Gasteiger partial charge is 0.128 e. The van der Waals surface area contributed by atoms with Crippen molar-refractivity contribution in [2.75, 3.05) is 18.0 Å². The van der Waals surface area contributed by atoms with Crippen molar-refractivity contribution in [3.05, 3.63) is 29.6 Å². The van der Waals surface area contributed by atoms with Gasteiger partial charge in [0, 0.05) is 30.9 Å². The maximum atomic E-state index is 13.7. The molecule has 3 heteroatoms. The van der Waals surface area contributed by atoms with Gasteiger partial charge in [0.2, 0.25) is 0 Å². The van der Waals surface area contributed by atoms with E-state index < -0.39 is 0 Å². The van der Waals surface area contributed by atoms with Gasteiger partial charge < -0.3 is 10.2 Å². The Morgan fingerprint density at radius 2 is 2.22 bits per heavy atom. The molecule has 2 rings (SSSR count). The second kappa shape index (κ2) is 5.70. The van der Waals surface area contributed by atoms with E-state index in [2.05, 4.69) is 24.1 Å². The lowest BCUT2D eigenvalue weighted by atomic mass is 10.0. The van der Waals surface area contributed by atoms with E-state index in [0.29, 0.717) is 17.6 Å². The molecule has 0 saturated carbocycles. The Labute approximate surface area is 109 Å². The molecule has 2 nitrogen and oxygen atoms in total. The van der Waals surface area contributed by atoms with Gasteiger partial charge in [-0.15, -0.1) is 0 Å². The maximum Gasteiger partial charge on any atom is 0.128 e. The summed E-state index contributed by atoms with van der Waals surface area (Å²) < 4.78 is 13.7. The summed E-state index contributed by atoms with van der Waals surface area (Å²) in [6.45, 7) is 8.14. The van der Waals surface area contributed by atoms with Crippen LogP contribution in [0.5, 0.6) is 0 Å². The molecule has 0 aliphatic carbocycles. The van der Waals surface area contributed by atoms with Crippen molar-refractivity contribution >= 4 is 5.69 Å². The summed E-state index contributed by atoms with van der Waals surface area (Å²) in [5, 5.41) is 3.56. The summed E-state index contributed by atoms with van der Waals surface area (Å²) >= 11 is 0. The highest BCUT2D eigenvalue weighted by molar-refractivity contribution is 5.49. The fourth-order valence-corrected chi connectivity index (χ4v) is 2.59.